The van der Waals surface area contributed by atoms with Gasteiger partial charge in [0.2, 0.25) is 0 Å². The van der Waals surface area contributed by atoms with Crippen LogP contribution >= 0.6 is 15.9 Å². The lowest BCUT2D eigenvalue weighted by molar-refractivity contribution is 0.473. The van der Waals surface area contributed by atoms with Gasteiger partial charge in [0.1, 0.15) is 11.5 Å². The summed E-state index contributed by atoms with van der Waals surface area (Å²) in [6, 6.07) is 14.4. The highest BCUT2D eigenvalue weighted by Crippen LogP contribution is 2.32. The van der Waals surface area contributed by atoms with Crippen LogP contribution in [-0.4, -0.2) is 6.54 Å². The summed E-state index contributed by atoms with van der Waals surface area (Å²) < 4.78 is 7.01. The van der Waals surface area contributed by atoms with E-state index in [1.54, 1.807) is 0 Å². The highest BCUT2D eigenvalue weighted by molar-refractivity contribution is 9.10. The van der Waals surface area contributed by atoms with Crippen LogP contribution in [0.15, 0.2) is 46.9 Å². The lowest BCUT2D eigenvalue weighted by Crippen LogP contribution is -2.11. The van der Waals surface area contributed by atoms with E-state index in [-0.39, 0.29) is 0 Å². The van der Waals surface area contributed by atoms with Gasteiger partial charge in [0.05, 0.1) is 4.47 Å². The molecule has 0 aromatic heterocycles. The predicted molar refractivity (Wildman–Crippen MR) is 87.4 cm³/mol. The van der Waals surface area contributed by atoms with Crippen LogP contribution in [0.1, 0.15) is 25.0 Å². The average Bonchev–Trinajstić information content (AvgIpc) is 2.48. The Kier molecular flexibility index (Phi) is 5.62. The third-order valence-corrected chi connectivity index (χ3v) is 3.77. The number of nitrogens with one attached hydrogen (secondary N) is 1. The molecule has 2 rings (SSSR count). The van der Waals surface area contributed by atoms with Crippen molar-refractivity contribution in [3.05, 3.63) is 58.1 Å². The minimum absolute atomic E-state index is 0.853. The van der Waals surface area contributed by atoms with E-state index in [0.717, 1.165) is 35.5 Å². The van der Waals surface area contributed by atoms with Crippen LogP contribution in [0, 0.1) is 0 Å². The lowest BCUT2D eigenvalue weighted by atomic mass is 10.1. The normalized spacial score (nSPS) is 10.6. The molecule has 2 aromatic carbocycles. The third kappa shape index (κ3) is 3.84. The summed E-state index contributed by atoms with van der Waals surface area (Å²) in [7, 11) is 0. The highest BCUT2D eigenvalue weighted by atomic mass is 79.9. The number of para-hydroxylation sites is 1. The van der Waals surface area contributed by atoms with E-state index in [1.807, 2.05) is 24.3 Å². The summed E-state index contributed by atoms with van der Waals surface area (Å²) in [6.45, 7) is 6.09. The summed E-state index contributed by atoms with van der Waals surface area (Å²) in [5.41, 5.74) is 2.46. The topological polar surface area (TPSA) is 21.3 Å². The van der Waals surface area contributed by atoms with E-state index in [0.29, 0.717) is 0 Å². The molecule has 0 aliphatic heterocycles. The molecule has 3 heteroatoms. The maximum absolute atomic E-state index is 6.02. The van der Waals surface area contributed by atoms with Gasteiger partial charge < -0.3 is 10.1 Å². The molecule has 2 nitrogen and oxygen atoms in total. The number of aryl methyl sites for hydroxylation is 1. The molecule has 0 amide bonds. The standard InChI is InChI=1S/C17H20BrNO/c1-3-14-7-5-6-8-16(14)20-17-10-9-13(11-15(17)18)12-19-4-2/h5-11,19H,3-4,12H2,1-2H3. The first kappa shape index (κ1) is 15.1. The van der Waals surface area contributed by atoms with E-state index in [4.69, 9.17) is 4.74 Å². The smallest absolute Gasteiger partial charge is 0.141 e. The summed E-state index contributed by atoms with van der Waals surface area (Å²) in [6.07, 6.45) is 0.965. The van der Waals surface area contributed by atoms with Crippen molar-refractivity contribution in [3.8, 4) is 11.5 Å². The highest BCUT2D eigenvalue weighted by Gasteiger charge is 2.06. The largest absolute Gasteiger partial charge is 0.456 e. The van der Waals surface area contributed by atoms with Crippen LogP contribution in [-0.2, 0) is 13.0 Å². The van der Waals surface area contributed by atoms with Crippen molar-refractivity contribution in [1.29, 1.82) is 0 Å². The van der Waals surface area contributed by atoms with Crippen LogP contribution in [0.25, 0.3) is 0 Å². The van der Waals surface area contributed by atoms with Crippen molar-refractivity contribution in [2.75, 3.05) is 6.54 Å². The Hall–Kier alpha value is -1.32. The Morgan fingerprint density at radius 1 is 1.05 bits per heavy atom. The summed E-state index contributed by atoms with van der Waals surface area (Å²) in [5, 5.41) is 3.32. The Balaban J connectivity index is 2.17. The zero-order valence-electron chi connectivity index (χ0n) is 11.9. The molecular formula is C17H20BrNO. The van der Waals surface area contributed by atoms with Crippen LogP contribution < -0.4 is 10.1 Å². The molecular weight excluding hydrogens is 314 g/mol. The second kappa shape index (κ2) is 7.46. The minimum Gasteiger partial charge on any atom is -0.456 e. The van der Waals surface area contributed by atoms with Gasteiger partial charge in [-0.25, -0.2) is 0 Å². The molecule has 1 N–H and O–H groups in total. The molecule has 0 saturated heterocycles. The molecule has 106 valence electrons. The van der Waals surface area contributed by atoms with Gasteiger partial charge in [-0.05, 0) is 58.2 Å². The van der Waals surface area contributed by atoms with E-state index in [1.165, 1.54) is 11.1 Å². The van der Waals surface area contributed by atoms with Crippen molar-refractivity contribution in [3.63, 3.8) is 0 Å². The number of hydrogen-bond donors (Lipinski definition) is 1. The summed E-state index contributed by atoms with van der Waals surface area (Å²) in [4.78, 5) is 0. The lowest BCUT2D eigenvalue weighted by Gasteiger charge is -2.12. The van der Waals surface area contributed by atoms with Gasteiger partial charge in [0.15, 0.2) is 0 Å². The third-order valence-electron chi connectivity index (χ3n) is 3.15. The maximum Gasteiger partial charge on any atom is 0.141 e. The predicted octanol–water partition coefficient (Wildman–Crippen LogP) is 4.91. The maximum atomic E-state index is 6.02. The molecule has 0 saturated carbocycles. The van der Waals surface area contributed by atoms with Crippen molar-refractivity contribution in [1.82, 2.24) is 5.32 Å². The molecule has 0 fully saturated rings. The number of halogens is 1. The second-order valence-electron chi connectivity index (χ2n) is 4.61. The monoisotopic (exact) mass is 333 g/mol. The van der Waals surface area contributed by atoms with E-state index in [9.17, 15) is 0 Å². The molecule has 2 aromatic rings. The first-order chi connectivity index (χ1) is 9.74. The Labute approximate surface area is 129 Å². The molecule has 0 unspecified atom stereocenters. The van der Waals surface area contributed by atoms with Crippen LogP contribution in [0.3, 0.4) is 0 Å². The Morgan fingerprint density at radius 3 is 2.55 bits per heavy atom. The van der Waals surface area contributed by atoms with E-state index < -0.39 is 0 Å². The van der Waals surface area contributed by atoms with Crippen LogP contribution in [0.2, 0.25) is 0 Å². The van der Waals surface area contributed by atoms with Gasteiger partial charge in [-0.15, -0.1) is 0 Å². The van der Waals surface area contributed by atoms with Crippen LogP contribution in [0.4, 0.5) is 0 Å². The molecule has 0 aliphatic rings. The minimum atomic E-state index is 0.853. The fraction of sp³-hybridized carbons (Fsp3) is 0.294. The van der Waals surface area contributed by atoms with Gasteiger partial charge in [-0.2, -0.15) is 0 Å². The molecule has 20 heavy (non-hydrogen) atoms. The quantitative estimate of drug-likeness (QED) is 0.810. The van der Waals surface area contributed by atoms with Crippen molar-refractivity contribution in [2.45, 2.75) is 26.8 Å². The van der Waals surface area contributed by atoms with E-state index >= 15 is 0 Å². The first-order valence-corrected chi connectivity index (χ1v) is 7.78. The second-order valence-corrected chi connectivity index (χ2v) is 5.46. The van der Waals surface area contributed by atoms with E-state index in [2.05, 4.69) is 53.3 Å². The van der Waals surface area contributed by atoms with Crippen molar-refractivity contribution in [2.24, 2.45) is 0 Å². The number of hydrogen-bond acceptors (Lipinski definition) is 2. The SMILES string of the molecule is CCNCc1ccc(Oc2ccccc2CC)c(Br)c1. The average molecular weight is 334 g/mol. The van der Waals surface area contributed by atoms with Gasteiger partial charge >= 0.3 is 0 Å². The Morgan fingerprint density at radius 2 is 1.85 bits per heavy atom. The Bertz CT molecular complexity index is 569. The number of benzene rings is 2. The molecule has 0 bridgehead atoms. The van der Waals surface area contributed by atoms with Gasteiger partial charge in [-0.1, -0.05) is 38.1 Å². The molecule has 0 heterocycles. The molecule has 0 radical (unpaired) electrons. The summed E-state index contributed by atoms with van der Waals surface area (Å²) in [5.74, 6) is 1.78. The molecule has 0 atom stereocenters. The van der Waals surface area contributed by atoms with Gasteiger partial charge in [0, 0.05) is 6.54 Å². The summed E-state index contributed by atoms with van der Waals surface area (Å²) >= 11 is 3.59. The number of ether oxygens (including phenoxy) is 1. The number of rotatable bonds is 6. The molecule has 0 aliphatic carbocycles. The fourth-order valence-corrected chi connectivity index (χ4v) is 2.53. The zero-order valence-corrected chi connectivity index (χ0v) is 13.5. The van der Waals surface area contributed by atoms with Gasteiger partial charge in [0.25, 0.3) is 0 Å². The molecule has 0 spiro atoms. The van der Waals surface area contributed by atoms with Crippen molar-refractivity contribution >= 4 is 15.9 Å². The zero-order chi connectivity index (χ0) is 14.4. The van der Waals surface area contributed by atoms with Crippen molar-refractivity contribution < 1.29 is 4.74 Å². The van der Waals surface area contributed by atoms with Crippen LogP contribution in [0.5, 0.6) is 11.5 Å². The fourth-order valence-electron chi connectivity index (χ4n) is 2.02. The van der Waals surface area contributed by atoms with Gasteiger partial charge in [-0.3, -0.25) is 0 Å². The first-order valence-electron chi connectivity index (χ1n) is 6.99.